The fourth-order valence-electron chi connectivity index (χ4n) is 3.79. The SMILES string of the molecule is CCOc1ccc(-n2c(C)cc(C(=O)CSc3nnc(-c4cccs4)n3CC(N)=O)c2C)cc1. The van der Waals surface area contributed by atoms with Gasteiger partial charge in [0.05, 0.1) is 17.2 Å². The quantitative estimate of drug-likeness (QED) is 0.260. The Labute approximate surface area is 205 Å². The normalized spacial score (nSPS) is 11.0. The van der Waals surface area contributed by atoms with Crippen molar-refractivity contribution >= 4 is 34.8 Å². The molecule has 34 heavy (non-hydrogen) atoms. The molecule has 0 saturated carbocycles. The van der Waals surface area contributed by atoms with Gasteiger partial charge in [-0.3, -0.25) is 14.2 Å². The van der Waals surface area contributed by atoms with Gasteiger partial charge in [0.1, 0.15) is 12.3 Å². The molecule has 1 aromatic carbocycles. The summed E-state index contributed by atoms with van der Waals surface area (Å²) in [5.41, 5.74) is 8.89. The topological polar surface area (TPSA) is 105 Å². The van der Waals surface area contributed by atoms with Gasteiger partial charge in [0.15, 0.2) is 16.8 Å². The minimum atomic E-state index is -0.496. The lowest BCUT2D eigenvalue weighted by molar-refractivity contribution is -0.118. The Bertz CT molecular complexity index is 1310. The number of hydrogen-bond donors (Lipinski definition) is 1. The van der Waals surface area contributed by atoms with Crippen LogP contribution in [0.4, 0.5) is 0 Å². The summed E-state index contributed by atoms with van der Waals surface area (Å²) in [5, 5.41) is 10.8. The highest BCUT2D eigenvalue weighted by molar-refractivity contribution is 7.99. The van der Waals surface area contributed by atoms with Crippen LogP contribution in [0.1, 0.15) is 28.7 Å². The van der Waals surface area contributed by atoms with Gasteiger partial charge in [-0.25, -0.2) is 0 Å². The minimum Gasteiger partial charge on any atom is -0.494 e. The second-order valence-corrected chi connectivity index (χ2v) is 9.49. The fraction of sp³-hybridized carbons (Fsp3) is 0.250. The molecule has 0 aliphatic carbocycles. The van der Waals surface area contributed by atoms with Gasteiger partial charge < -0.3 is 15.0 Å². The van der Waals surface area contributed by atoms with Gasteiger partial charge in [-0.05, 0) is 62.5 Å². The number of nitrogens with zero attached hydrogens (tertiary/aromatic N) is 4. The van der Waals surface area contributed by atoms with Crippen LogP contribution >= 0.6 is 23.1 Å². The lowest BCUT2D eigenvalue weighted by Gasteiger charge is -2.11. The predicted molar refractivity (Wildman–Crippen MR) is 134 cm³/mol. The molecule has 4 aromatic rings. The number of Topliss-reactive ketones (excluding diaryl/α,β-unsaturated/α-hetero) is 1. The van der Waals surface area contributed by atoms with Crippen molar-refractivity contribution in [3.05, 3.63) is 64.8 Å². The smallest absolute Gasteiger partial charge is 0.237 e. The third-order valence-electron chi connectivity index (χ3n) is 5.24. The van der Waals surface area contributed by atoms with Crippen LogP contribution in [0.5, 0.6) is 5.75 Å². The van der Waals surface area contributed by atoms with Crippen molar-refractivity contribution in [2.24, 2.45) is 5.73 Å². The van der Waals surface area contributed by atoms with Gasteiger partial charge >= 0.3 is 0 Å². The van der Waals surface area contributed by atoms with E-state index in [9.17, 15) is 9.59 Å². The molecule has 0 atom stereocenters. The molecule has 0 fully saturated rings. The summed E-state index contributed by atoms with van der Waals surface area (Å²) in [6.07, 6.45) is 0. The highest BCUT2D eigenvalue weighted by Crippen LogP contribution is 2.29. The van der Waals surface area contributed by atoms with E-state index in [0.29, 0.717) is 23.2 Å². The Hall–Kier alpha value is -3.37. The van der Waals surface area contributed by atoms with Crippen molar-refractivity contribution in [1.29, 1.82) is 0 Å². The summed E-state index contributed by atoms with van der Waals surface area (Å²) in [6, 6.07) is 13.5. The molecule has 3 aromatic heterocycles. The summed E-state index contributed by atoms with van der Waals surface area (Å²) in [6.45, 7) is 6.42. The van der Waals surface area contributed by atoms with Crippen LogP contribution < -0.4 is 10.5 Å². The second kappa shape index (κ2) is 10.3. The van der Waals surface area contributed by atoms with Crippen molar-refractivity contribution in [2.75, 3.05) is 12.4 Å². The van der Waals surface area contributed by atoms with Crippen LogP contribution in [0, 0.1) is 13.8 Å². The van der Waals surface area contributed by atoms with Crippen molar-refractivity contribution in [2.45, 2.75) is 32.5 Å². The summed E-state index contributed by atoms with van der Waals surface area (Å²) < 4.78 is 9.24. The number of amides is 1. The summed E-state index contributed by atoms with van der Waals surface area (Å²) >= 11 is 2.75. The number of hydrogen-bond acceptors (Lipinski definition) is 7. The van der Waals surface area contributed by atoms with E-state index in [1.807, 2.05) is 68.6 Å². The Morgan fingerprint density at radius 2 is 1.91 bits per heavy atom. The second-order valence-electron chi connectivity index (χ2n) is 7.59. The third-order valence-corrected chi connectivity index (χ3v) is 7.07. The van der Waals surface area contributed by atoms with Gasteiger partial charge in [-0.1, -0.05) is 17.8 Å². The standard InChI is InChI=1S/C24H25N5O3S2/c1-4-32-18-9-7-17(8-10-18)29-15(2)12-19(16(29)3)20(30)14-34-24-27-26-23(21-6-5-11-33-21)28(24)13-22(25)31/h5-12H,4,13-14H2,1-3H3,(H2,25,31). The predicted octanol–water partition coefficient (Wildman–Crippen LogP) is 4.27. The van der Waals surface area contributed by atoms with E-state index in [1.54, 1.807) is 4.57 Å². The van der Waals surface area contributed by atoms with Gasteiger partial charge in [-0.15, -0.1) is 21.5 Å². The van der Waals surface area contributed by atoms with Crippen molar-refractivity contribution in [1.82, 2.24) is 19.3 Å². The molecule has 10 heteroatoms. The minimum absolute atomic E-state index is 0.0263. The summed E-state index contributed by atoms with van der Waals surface area (Å²) in [5.74, 6) is 1.02. The molecule has 0 radical (unpaired) electrons. The number of carbonyl (C=O) groups is 2. The first-order chi connectivity index (χ1) is 16.4. The van der Waals surface area contributed by atoms with Crippen LogP contribution in [-0.4, -0.2) is 43.4 Å². The Morgan fingerprint density at radius 3 is 2.56 bits per heavy atom. The van der Waals surface area contributed by atoms with E-state index in [2.05, 4.69) is 14.8 Å². The number of primary amides is 1. The molecule has 0 bridgehead atoms. The molecule has 8 nitrogen and oxygen atoms in total. The van der Waals surface area contributed by atoms with E-state index < -0.39 is 5.91 Å². The number of thioether (sulfide) groups is 1. The highest BCUT2D eigenvalue weighted by atomic mass is 32.2. The molecule has 0 unspecified atom stereocenters. The third kappa shape index (κ3) is 4.92. The van der Waals surface area contributed by atoms with Crippen molar-refractivity contribution in [3.63, 3.8) is 0 Å². The molecular formula is C24H25N5O3S2. The average molecular weight is 496 g/mol. The number of nitrogens with two attached hydrogens (primary N) is 1. The van der Waals surface area contributed by atoms with E-state index >= 15 is 0 Å². The molecule has 0 aliphatic rings. The first-order valence-corrected chi connectivity index (χ1v) is 12.6. The summed E-state index contributed by atoms with van der Waals surface area (Å²) in [7, 11) is 0. The number of aromatic nitrogens is 4. The molecule has 1 amide bonds. The maximum Gasteiger partial charge on any atom is 0.237 e. The molecule has 0 saturated heterocycles. The molecule has 0 aliphatic heterocycles. The lowest BCUT2D eigenvalue weighted by Crippen LogP contribution is -2.20. The molecule has 176 valence electrons. The number of thiophene rings is 1. The van der Waals surface area contributed by atoms with E-state index in [4.69, 9.17) is 10.5 Å². The van der Waals surface area contributed by atoms with Crippen LogP contribution in [0.25, 0.3) is 16.4 Å². The zero-order chi connectivity index (χ0) is 24.2. The van der Waals surface area contributed by atoms with E-state index in [-0.39, 0.29) is 18.1 Å². The van der Waals surface area contributed by atoms with Crippen LogP contribution in [0.2, 0.25) is 0 Å². The Balaban J connectivity index is 1.54. The Kier molecular flexibility index (Phi) is 7.18. The van der Waals surface area contributed by atoms with Crippen LogP contribution in [0.3, 0.4) is 0 Å². The van der Waals surface area contributed by atoms with Crippen molar-refractivity contribution < 1.29 is 14.3 Å². The first kappa shape index (κ1) is 23.8. The molecule has 4 rings (SSSR count). The molecule has 0 spiro atoms. The fourth-order valence-corrected chi connectivity index (χ4v) is 5.33. The number of rotatable bonds is 10. The molecule has 2 N–H and O–H groups in total. The lowest BCUT2D eigenvalue weighted by atomic mass is 10.2. The van der Waals surface area contributed by atoms with E-state index in [1.165, 1.54) is 23.1 Å². The number of ether oxygens (including phenoxy) is 1. The van der Waals surface area contributed by atoms with Crippen LogP contribution in [-0.2, 0) is 11.3 Å². The average Bonchev–Trinajstić information content (AvgIpc) is 3.53. The zero-order valence-corrected chi connectivity index (χ0v) is 20.8. The van der Waals surface area contributed by atoms with Gasteiger partial charge in [-0.2, -0.15) is 0 Å². The number of carbonyl (C=O) groups excluding carboxylic acids is 2. The maximum absolute atomic E-state index is 13.1. The number of benzene rings is 1. The number of aryl methyl sites for hydroxylation is 1. The highest BCUT2D eigenvalue weighted by Gasteiger charge is 2.21. The van der Waals surface area contributed by atoms with Gasteiger partial charge in [0.2, 0.25) is 5.91 Å². The van der Waals surface area contributed by atoms with Crippen LogP contribution in [0.15, 0.2) is 53.0 Å². The maximum atomic E-state index is 13.1. The number of ketones is 1. The zero-order valence-electron chi connectivity index (χ0n) is 19.1. The Morgan fingerprint density at radius 1 is 1.15 bits per heavy atom. The molecular weight excluding hydrogens is 470 g/mol. The monoisotopic (exact) mass is 495 g/mol. The van der Waals surface area contributed by atoms with E-state index in [0.717, 1.165) is 27.7 Å². The van der Waals surface area contributed by atoms with Gasteiger partial charge in [0.25, 0.3) is 0 Å². The first-order valence-electron chi connectivity index (χ1n) is 10.7. The largest absolute Gasteiger partial charge is 0.494 e. The van der Waals surface area contributed by atoms with Crippen molar-refractivity contribution in [3.8, 4) is 22.1 Å². The summed E-state index contributed by atoms with van der Waals surface area (Å²) in [4.78, 5) is 25.7. The van der Waals surface area contributed by atoms with Gasteiger partial charge in [0, 0.05) is 22.6 Å². The molecule has 3 heterocycles.